The zero-order valence-electron chi connectivity index (χ0n) is 13.0. The smallest absolute Gasteiger partial charge is 0.319 e. The van der Waals surface area contributed by atoms with Gasteiger partial charge in [-0.3, -0.25) is 0 Å². The van der Waals surface area contributed by atoms with Crippen molar-refractivity contribution in [3.63, 3.8) is 0 Å². The molecule has 2 aromatic carbocycles. The van der Waals surface area contributed by atoms with E-state index in [1.807, 2.05) is 18.2 Å². The number of hydrogen-bond donors (Lipinski definition) is 2. The summed E-state index contributed by atoms with van der Waals surface area (Å²) in [6.45, 7) is 1.11. The summed E-state index contributed by atoms with van der Waals surface area (Å²) in [5, 5.41) is 6.47. The molecule has 0 unspecified atom stereocenters. The van der Waals surface area contributed by atoms with Crippen molar-refractivity contribution in [1.29, 1.82) is 0 Å². The molecular formula is C18H17ClN2O3. The van der Waals surface area contributed by atoms with Crippen molar-refractivity contribution in [1.82, 2.24) is 5.32 Å². The Bertz CT molecular complexity index is 790. The molecule has 2 amide bonds. The summed E-state index contributed by atoms with van der Waals surface area (Å²) in [7, 11) is 0. The van der Waals surface area contributed by atoms with Gasteiger partial charge in [0.15, 0.2) is 11.5 Å². The van der Waals surface area contributed by atoms with Crippen molar-refractivity contribution in [2.45, 2.75) is 18.4 Å². The van der Waals surface area contributed by atoms with Crippen LogP contribution >= 0.6 is 11.6 Å². The van der Waals surface area contributed by atoms with Gasteiger partial charge < -0.3 is 20.1 Å². The summed E-state index contributed by atoms with van der Waals surface area (Å²) in [5.74, 6) is 1.49. The largest absolute Gasteiger partial charge is 0.486 e. The van der Waals surface area contributed by atoms with Crippen LogP contribution in [0.4, 0.5) is 10.5 Å². The third-order valence-corrected chi connectivity index (χ3v) is 4.52. The number of fused-ring (bicyclic) bond motifs is 1. The molecule has 5 nitrogen and oxygen atoms in total. The van der Waals surface area contributed by atoms with E-state index in [0.717, 1.165) is 29.9 Å². The van der Waals surface area contributed by atoms with Crippen LogP contribution in [0.25, 0.3) is 0 Å². The Morgan fingerprint density at radius 1 is 1.04 bits per heavy atom. The lowest BCUT2D eigenvalue weighted by Crippen LogP contribution is -2.38. The van der Waals surface area contributed by atoms with Crippen LogP contribution in [0, 0.1) is 0 Å². The van der Waals surface area contributed by atoms with Crippen molar-refractivity contribution in [2.75, 3.05) is 18.5 Å². The van der Waals surface area contributed by atoms with Crippen LogP contribution in [-0.4, -0.2) is 19.2 Å². The highest BCUT2D eigenvalue weighted by Gasteiger charge is 2.46. The topological polar surface area (TPSA) is 59.6 Å². The second-order valence-corrected chi connectivity index (χ2v) is 6.47. The number of anilines is 1. The SMILES string of the molecule is O=C(Nc1cccc(Cl)c1)NC1(c2ccc3c(c2)OCCO3)CC1. The lowest BCUT2D eigenvalue weighted by molar-refractivity contribution is 0.171. The number of nitrogens with one attached hydrogen (secondary N) is 2. The molecule has 0 aromatic heterocycles. The van der Waals surface area contributed by atoms with Crippen LogP contribution in [0.3, 0.4) is 0 Å². The van der Waals surface area contributed by atoms with E-state index >= 15 is 0 Å². The predicted octanol–water partition coefficient (Wildman–Crippen LogP) is 3.92. The van der Waals surface area contributed by atoms with E-state index in [-0.39, 0.29) is 11.6 Å². The molecule has 1 aliphatic heterocycles. The first-order valence-electron chi connectivity index (χ1n) is 7.90. The standard InChI is InChI=1S/C18H17ClN2O3/c19-13-2-1-3-14(11-13)20-17(22)21-18(6-7-18)12-4-5-15-16(10-12)24-9-8-23-15/h1-5,10-11H,6-9H2,(H2,20,21,22). The number of benzene rings is 2. The minimum atomic E-state index is -0.335. The summed E-state index contributed by atoms with van der Waals surface area (Å²) < 4.78 is 11.2. The number of urea groups is 1. The number of carbonyl (C=O) groups is 1. The van der Waals surface area contributed by atoms with E-state index in [4.69, 9.17) is 21.1 Å². The van der Waals surface area contributed by atoms with E-state index in [2.05, 4.69) is 10.6 Å². The first kappa shape index (κ1) is 15.1. The molecule has 24 heavy (non-hydrogen) atoms. The van der Waals surface area contributed by atoms with Gasteiger partial charge in [-0.15, -0.1) is 0 Å². The van der Waals surface area contributed by atoms with Gasteiger partial charge in [0.25, 0.3) is 0 Å². The number of ether oxygens (including phenoxy) is 2. The van der Waals surface area contributed by atoms with Crippen LogP contribution in [0.2, 0.25) is 5.02 Å². The molecular weight excluding hydrogens is 328 g/mol. The zero-order valence-corrected chi connectivity index (χ0v) is 13.7. The predicted molar refractivity (Wildman–Crippen MR) is 92.0 cm³/mol. The maximum Gasteiger partial charge on any atom is 0.319 e. The molecule has 4 rings (SSSR count). The van der Waals surface area contributed by atoms with Crippen LogP contribution in [-0.2, 0) is 5.54 Å². The molecule has 1 saturated carbocycles. The van der Waals surface area contributed by atoms with E-state index in [1.165, 1.54) is 0 Å². The van der Waals surface area contributed by atoms with Gasteiger partial charge in [0, 0.05) is 10.7 Å². The second-order valence-electron chi connectivity index (χ2n) is 6.03. The van der Waals surface area contributed by atoms with Crippen LogP contribution < -0.4 is 20.1 Å². The Hall–Kier alpha value is -2.40. The average molecular weight is 345 g/mol. The fourth-order valence-electron chi connectivity index (χ4n) is 2.90. The maximum atomic E-state index is 12.3. The summed E-state index contributed by atoms with van der Waals surface area (Å²) in [4.78, 5) is 12.3. The van der Waals surface area contributed by atoms with Crippen molar-refractivity contribution >= 4 is 23.3 Å². The molecule has 2 aliphatic rings. The molecule has 2 N–H and O–H groups in total. The van der Waals surface area contributed by atoms with Gasteiger partial charge in [-0.1, -0.05) is 23.7 Å². The molecule has 0 bridgehead atoms. The minimum Gasteiger partial charge on any atom is -0.486 e. The lowest BCUT2D eigenvalue weighted by atomic mass is 10.0. The van der Waals surface area contributed by atoms with Gasteiger partial charge in [0.05, 0.1) is 5.54 Å². The van der Waals surface area contributed by atoms with Gasteiger partial charge in [-0.2, -0.15) is 0 Å². The Kier molecular flexibility index (Phi) is 3.73. The fraction of sp³-hybridized carbons (Fsp3) is 0.278. The van der Waals surface area contributed by atoms with Gasteiger partial charge in [-0.25, -0.2) is 4.79 Å². The number of carbonyl (C=O) groups excluding carboxylic acids is 1. The molecule has 124 valence electrons. The molecule has 0 saturated heterocycles. The van der Waals surface area contributed by atoms with Crippen molar-refractivity contribution in [3.05, 3.63) is 53.1 Å². The third kappa shape index (κ3) is 2.99. The first-order valence-corrected chi connectivity index (χ1v) is 8.27. The Morgan fingerprint density at radius 2 is 1.83 bits per heavy atom. The Labute approximate surface area is 144 Å². The Morgan fingerprint density at radius 3 is 2.58 bits per heavy atom. The average Bonchev–Trinajstić information content (AvgIpc) is 3.35. The molecule has 2 aromatic rings. The zero-order chi connectivity index (χ0) is 16.6. The van der Waals surface area contributed by atoms with E-state index in [0.29, 0.717) is 23.9 Å². The van der Waals surface area contributed by atoms with E-state index < -0.39 is 0 Å². The minimum absolute atomic E-state index is 0.246. The van der Waals surface area contributed by atoms with Gasteiger partial charge in [0.2, 0.25) is 0 Å². The van der Waals surface area contributed by atoms with Gasteiger partial charge in [-0.05, 0) is 48.7 Å². The molecule has 0 radical (unpaired) electrons. The third-order valence-electron chi connectivity index (χ3n) is 4.28. The number of halogens is 1. The monoisotopic (exact) mass is 344 g/mol. The van der Waals surface area contributed by atoms with Gasteiger partial charge in [0.1, 0.15) is 13.2 Å². The molecule has 0 atom stereocenters. The lowest BCUT2D eigenvalue weighted by Gasteiger charge is -2.23. The summed E-state index contributed by atoms with van der Waals surface area (Å²) in [6.07, 6.45) is 1.80. The summed E-state index contributed by atoms with van der Waals surface area (Å²) in [6, 6.07) is 12.7. The van der Waals surface area contributed by atoms with Gasteiger partial charge >= 0.3 is 6.03 Å². The van der Waals surface area contributed by atoms with E-state index in [9.17, 15) is 4.79 Å². The molecule has 0 spiro atoms. The quantitative estimate of drug-likeness (QED) is 0.887. The number of amides is 2. The first-order chi connectivity index (χ1) is 11.6. The molecule has 1 fully saturated rings. The molecule has 1 aliphatic carbocycles. The second kappa shape index (κ2) is 5.91. The van der Waals surface area contributed by atoms with Crippen LogP contribution in [0.5, 0.6) is 11.5 Å². The van der Waals surface area contributed by atoms with Crippen LogP contribution in [0.15, 0.2) is 42.5 Å². The maximum absolute atomic E-state index is 12.3. The number of hydrogen-bond acceptors (Lipinski definition) is 3. The molecule has 1 heterocycles. The summed E-state index contributed by atoms with van der Waals surface area (Å²) >= 11 is 5.94. The van der Waals surface area contributed by atoms with E-state index in [1.54, 1.807) is 24.3 Å². The highest BCUT2D eigenvalue weighted by atomic mass is 35.5. The fourth-order valence-corrected chi connectivity index (χ4v) is 3.09. The summed E-state index contributed by atoms with van der Waals surface area (Å²) in [5.41, 5.74) is 1.37. The van der Waals surface area contributed by atoms with Crippen LogP contribution in [0.1, 0.15) is 18.4 Å². The highest BCUT2D eigenvalue weighted by molar-refractivity contribution is 6.30. The Balaban J connectivity index is 1.48. The molecule has 6 heteroatoms. The van der Waals surface area contributed by atoms with Crippen molar-refractivity contribution in [3.8, 4) is 11.5 Å². The normalized spacial score (nSPS) is 17.0. The number of rotatable bonds is 3. The van der Waals surface area contributed by atoms with Crippen molar-refractivity contribution in [2.24, 2.45) is 0 Å². The highest BCUT2D eigenvalue weighted by Crippen LogP contribution is 2.47. The van der Waals surface area contributed by atoms with Crippen molar-refractivity contribution < 1.29 is 14.3 Å².